The van der Waals surface area contributed by atoms with Crippen molar-refractivity contribution in [1.29, 1.82) is 0 Å². The number of rotatable bonds is 4. The van der Waals surface area contributed by atoms with Crippen LogP contribution in [0.4, 0.5) is 4.39 Å². The summed E-state index contributed by atoms with van der Waals surface area (Å²) in [6.45, 7) is 1.68. The number of H-pyrrole nitrogens is 1. The van der Waals surface area contributed by atoms with Crippen LogP contribution in [0.25, 0.3) is 36.4 Å². The Balaban J connectivity index is 1.77. The van der Waals surface area contributed by atoms with Crippen LogP contribution in [0.15, 0.2) is 40.2 Å². The van der Waals surface area contributed by atoms with E-state index in [0.29, 0.717) is 31.7 Å². The SMILES string of the molecule is COc1cc(-c2cc3[nH]c(=O)n(-c4cncc5sc(CO)c(C)c45)c(=O)c3s2)c(Cl)cc1F. The minimum atomic E-state index is -0.620. The molecular formula is C22H15ClFN3O4S2. The summed E-state index contributed by atoms with van der Waals surface area (Å²) in [6, 6.07) is 4.23. The van der Waals surface area contributed by atoms with E-state index in [1.807, 2.05) is 6.92 Å². The van der Waals surface area contributed by atoms with Crippen molar-refractivity contribution >= 4 is 54.6 Å². The van der Waals surface area contributed by atoms with E-state index in [1.54, 1.807) is 12.3 Å². The Hall–Kier alpha value is -3.05. The molecule has 0 atom stereocenters. The van der Waals surface area contributed by atoms with Gasteiger partial charge in [-0.05, 0) is 30.7 Å². The van der Waals surface area contributed by atoms with Crippen LogP contribution in [-0.2, 0) is 6.61 Å². The van der Waals surface area contributed by atoms with E-state index >= 15 is 0 Å². The Kier molecular flexibility index (Phi) is 5.32. The molecule has 0 radical (unpaired) electrons. The molecule has 0 spiro atoms. The number of ether oxygens (including phenoxy) is 1. The van der Waals surface area contributed by atoms with Crippen LogP contribution in [0.2, 0.25) is 5.02 Å². The fraction of sp³-hybridized carbons (Fsp3) is 0.136. The summed E-state index contributed by atoms with van der Waals surface area (Å²) >= 11 is 8.74. The lowest BCUT2D eigenvalue weighted by Crippen LogP contribution is -2.33. The van der Waals surface area contributed by atoms with Gasteiger partial charge in [-0.1, -0.05) is 11.6 Å². The predicted molar refractivity (Wildman–Crippen MR) is 129 cm³/mol. The third-order valence-corrected chi connectivity index (χ3v) is 8.06. The average molecular weight is 504 g/mol. The molecule has 1 aromatic carbocycles. The standard InChI is InChI=1S/C22H15ClFN3O4S2/c1-9-18(8-28)32-17-7-25-6-14(19(9)17)27-21(29)20-13(26-22(27)30)5-16(33-20)10-3-15(31-2)12(24)4-11(10)23/h3-7,28H,8H2,1-2H3,(H,26,30). The number of pyridine rings is 1. The first-order chi connectivity index (χ1) is 15.8. The number of thiophene rings is 2. The maximum absolute atomic E-state index is 14.0. The average Bonchev–Trinajstić information content (AvgIpc) is 3.35. The van der Waals surface area contributed by atoms with Gasteiger partial charge in [-0.15, -0.1) is 22.7 Å². The third-order valence-electron chi connectivity index (χ3n) is 5.38. The van der Waals surface area contributed by atoms with Crippen LogP contribution in [0, 0.1) is 12.7 Å². The maximum Gasteiger partial charge on any atom is 0.333 e. The van der Waals surface area contributed by atoms with E-state index in [0.717, 1.165) is 37.1 Å². The summed E-state index contributed by atoms with van der Waals surface area (Å²) in [6.07, 6.45) is 3.10. The van der Waals surface area contributed by atoms with Gasteiger partial charge in [-0.25, -0.2) is 13.8 Å². The molecule has 0 bridgehead atoms. The van der Waals surface area contributed by atoms with E-state index in [1.165, 1.54) is 30.7 Å². The van der Waals surface area contributed by atoms with Crippen molar-refractivity contribution in [1.82, 2.24) is 14.5 Å². The molecule has 11 heteroatoms. The molecule has 4 aromatic heterocycles. The van der Waals surface area contributed by atoms with E-state index in [9.17, 15) is 19.1 Å². The maximum atomic E-state index is 14.0. The van der Waals surface area contributed by atoms with Crippen molar-refractivity contribution < 1.29 is 14.2 Å². The molecule has 0 aliphatic carbocycles. The molecule has 2 N–H and O–H groups in total. The summed E-state index contributed by atoms with van der Waals surface area (Å²) < 4.78 is 21.1. The Morgan fingerprint density at radius 2 is 2.03 bits per heavy atom. The van der Waals surface area contributed by atoms with Gasteiger partial charge in [-0.2, -0.15) is 0 Å². The fourth-order valence-electron chi connectivity index (χ4n) is 3.79. The van der Waals surface area contributed by atoms with Gasteiger partial charge in [0.05, 0.1) is 40.8 Å². The van der Waals surface area contributed by atoms with E-state index in [-0.39, 0.29) is 17.4 Å². The van der Waals surface area contributed by atoms with Gasteiger partial charge in [0.1, 0.15) is 4.70 Å². The molecule has 168 valence electrons. The van der Waals surface area contributed by atoms with Crippen LogP contribution < -0.4 is 16.0 Å². The number of hydrogen-bond donors (Lipinski definition) is 2. The number of aryl methyl sites for hydroxylation is 1. The number of aromatic amines is 1. The van der Waals surface area contributed by atoms with Crippen LogP contribution in [0.5, 0.6) is 5.75 Å². The second-order valence-corrected chi connectivity index (χ2v) is 9.83. The van der Waals surface area contributed by atoms with Crippen LogP contribution in [0.3, 0.4) is 0 Å². The number of methoxy groups -OCH3 is 1. The van der Waals surface area contributed by atoms with Gasteiger partial charge in [0.15, 0.2) is 11.6 Å². The Bertz CT molecular complexity index is 1690. The first kappa shape index (κ1) is 21.8. The van der Waals surface area contributed by atoms with Crippen molar-refractivity contribution in [3.05, 3.63) is 72.7 Å². The number of nitrogens with zero attached hydrogens (tertiary/aromatic N) is 2. The van der Waals surface area contributed by atoms with Crippen molar-refractivity contribution in [2.75, 3.05) is 7.11 Å². The summed E-state index contributed by atoms with van der Waals surface area (Å²) in [7, 11) is 1.35. The zero-order valence-electron chi connectivity index (χ0n) is 17.2. The van der Waals surface area contributed by atoms with E-state index in [4.69, 9.17) is 16.3 Å². The number of halogens is 2. The normalized spacial score (nSPS) is 11.5. The number of aromatic nitrogens is 3. The van der Waals surface area contributed by atoms with Crippen molar-refractivity contribution in [2.24, 2.45) is 0 Å². The zero-order valence-corrected chi connectivity index (χ0v) is 19.6. The lowest BCUT2D eigenvalue weighted by Gasteiger charge is -2.07. The Morgan fingerprint density at radius 1 is 1.24 bits per heavy atom. The van der Waals surface area contributed by atoms with Crippen LogP contribution in [-0.4, -0.2) is 26.8 Å². The van der Waals surface area contributed by atoms with Gasteiger partial charge in [-0.3, -0.25) is 9.78 Å². The van der Waals surface area contributed by atoms with Crippen molar-refractivity contribution in [3.63, 3.8) is 0 Å². The number of aliphatic hydroxyl groups excluding tert-OH is 1. The number of hydrogen-bond acceptors (Lipinski definition) is 7. The molecule has 5 aromatic rings. The summed E-state index contributed by atoms with van der Waals surface area (Å²) in [4.78, 5) is 34.7. The third kappa shape index (κ3) is 3.37. The monoisotopic (exact) mass is 503 g/mol. The highest BCUT2D eigenvalue weighted by atomic mass is 35.5. The molecule has 4 heterocycles. The number of nitrogens with one attached hydrogen (secondary N) is 1. The minimum Gasteiger partial charge on any atom is -0.494 e. The first-order valence-electron chi connectivity index (χ1n) is 9.63. The van der Waals surface area contributed by atoms with Crippen molar-refractivity contribution in [3.8, 4) is 21.9 Å². The van der Waals surface area contributed by atoms with Gasteiger partial charge >= 0.3 is 5.69 Å². The molecule has 7 nitrogen and oxygen atoms in total. The van der Waals surface area contributed by atoms with Crippen LogP contribution in [0.1, 0.15) is 10.4 Å². The van der Waals surface area contributed by atoms with Crippen LogP contribution >= 0.6 is 34.3 Å². The number of fused-ring (bicyclic) bond motifs is 2. The van der Waals surface area contributed by atoms with Gasteiger partial charge in [0.25, 0.3) is 5.56 Å². The lowest BCUT2D eigenvalue weighted by molar-refractivity contribution is 0.285. The van der Waals surface area contributed by atoms with Gasteiger partial charge in [0.2, 0.25) is 0 Å². The Morgan fingerprint density at radius 3 is 2.76 bits per heavy atom. The second-order valence-electron chi connectivity index (χ2n) is 7.23. The molecule has 0 aliphatic rings. The second kappa shape index (κ2) is 8.07. The fourth-order valence-corrected chi connectivity index (χ4v) is 6.23. The molecule has 0 unspecified atom stereocenters. The summed E-state index contributed by atoms with van der Waals surface area (Å²) in [5.74, 6) is -0.583. The molecule has 33 heavy (non-hydrogen) atoms. The highest BCUT2D eigenvalue weighted by molar-refractivity contribution is 7.22. The predicted octanol–water partition coefficient (Wildman–Crippen LogP) is 4.62. The highest BCUT2D eigenvalue weighted by Crippen LogP contribution is 2.39. The highest BCUT2D eigenvalue weighted by Gasteiger charge is 2.20. The molecule has 0 aliphatic heterocycles. The molecule has 0 saturated carbocycles. The van der Waals surface area contributed by atoms with E-state index < -0.39 is 17.1 Å². The number of benzene rings is 1. The molecule has 0 fully saturated rings. The minimum absolute atomic E-state index is 0.0168. The van der Waals surface area contributed by atoms with Crippen molar-refractivity contribution in [2.45, 2.75) is 13.5 Å². The summed E-state index contributed by atoms with van der Waals surface area (Å²) in [5, 5.41) is 10.5. The topological polar surface area (TPSA) is 97.2 Å². The molecule has 0 amide bonds. The zero-order chi connectivity index (χ0) is 23.4. The molecule has 5 rings (SSSR count). The lowest BCUT2D eigenvalue weighted by atomic mass is 10.1. The van der Waals surface area contributed by atoms with Gasteiger partial charge in [0, 0.05) is 26.9 Å². The molecular weight excluding hydrogens is 489 g/mol. The first-order valence-corrected chi connectivity index (χ1v) is 11.6. The smallest absolute Gasteiger partial charge is 0.333 e. The Labute approximate surface area is 198 Å². The largest absolute Gasteiger partial charge is 0.494 e. The summed E-state index contributed by atoms with van der Waals surface area (Å²) in [5.41, 5.74) is 0.821. The van der Waals surface area contributed by atoms with Gasteiger partial charge < -0.3 is 14.8 Å². The molecule has 0 saturated heterocycles. The quantitative estimate of drug-likeness (QED) is 0.373. The number of aliphatic hydroxyl groups is 1. The van der Waals surface area contributed by atoms with E-state index in [2.05, 4.69) is 9.97 Å².